The van der Waals surface area contributed by atoms with Crippen molar-refractivity contribution >= 4 is 23.0 Å². The van der Waals surface area contributed by atoms with Gasteiger partial charge in [-0.2, -0.15) is 0 Å². The molecule has 26 heavy (non-hydrogen) atoms. The van der Waals surface area contributed by atoms with Crippen LogP contribution in [0.3, 0.4) is 0 Å². The zero-order valence-electron chi connectivity index (χ0n) is 15.3. The fourth-order valence-corrected chi connectivity index (χ4v) is 6.16. The van der Waals surface area contributed by atoms with Gasteiger partial charge in [0.05, 0.1) is 17.9 Å². The monoisotopic (exact) mass is 368 g/mol. The van der Waals surface area contributed by atoms with E-state index in [-0.39, 0.29) is 0 Å². The molecule has 4 atom stereocenters. The summed E-state index contributed by atoms with van der Waals surface area (Å²) in [5, 5.41) is 4.30. The summed E-state index contributed by atoms with van der Waals surface area (Å²) < 4.78 is 0. The van der Waals surface area contributed by atoms with Crippen LogP contribution >= 0.6 is 12.2 Å². The molecule has 1 aliphatic carbocycles. The highest BCUT2D eigenvalue weighted by molar-refractivity contribution is 7.80. The molecule has 0 spiro atoms. The number of hydrogen-bond acceptors (Lipinski definition) is 3. The fraction of sp³-hybridized carbons (Fsp3) is 0.619. The molecule has 3 saturated heterocycles. The molecule has 5 rings (SSSR count). The summed E-state index contributed by atoms with van der Waals surface area (Å²) in [5.74, 6) is 1.50. The first-order chi connectivity index (χ1) is 12.8. The molecule has 2 unspecified atom stereocenters. The van der Waals surface area contributed by atoms with Gasteiger partial charge < -0.3 is 10.2 Å². The standard InChI is InChI=1S/C21H28N4S/c26-21(23-18-6-3-8-22-13-18)25-10-4-5-15-11-16-12-17(20(15)25)14-24-9-2-1-7-19(16)24/h3,6,8,11,13,16-17,19-20H,1-2,4-5,7,9-10,12,14H2,(H,23,26)/t16?,17?,19-,20-/m1/s1. The highest BCUT2D eigenvalue weighted by Gasteiger charge is 2.46. The van der Waals surface area contributed by atoms with Crippen LogP contribution in [0.25, 0.3) is 0 Å². The van der Waals surface area contributed by atoms with Crippen LogP contribution in [0.4, 0.5) is 5.69 Å². The van der Waals surface area contributed by atoms with Gasteiger partial charge >= 0.3 is 0 Å². The predicted octanol–water partition coefficient (Wildman–Crippen LogP) is 3.67. The topological polar surface area (TPSA) is 31.4 Å². The van der Waals surface area contributed by atoms with Crippen LogP contribution in [0, 0.1) is 11.8 Å². The van der Waals surface area contributed by atoms with Crippen LogP contribution in [-0.2, 0) is 0 Å². The largest absolute Gasteiger partial charge is 0.342 e. The summed E-state index contributed by atoms with van der Waals surface area (Å²) >= 11 is 5.83. The number of fused-ring (bicyclic) bond motifs is 6. The Morgan fingerprint density at radius 1 is 1.23 bits per heavy atom. The molecule has 2 bridgehead atoms. The number of anilines is 1. The Morgan fingerprint density at radius 3 is 3.08 bits per heavy atom. The van der Waals surface area contributed by atoms with Crippen LogP contribution in [0.2, 0.25) is 0 Å². The Labute approximate surface area is 161 Å². The molecule has 1 aromatic rings. The zero-order valence-corrected chi connectivity index (χ0v) is 16.1. The Morgan fingerprint density at radius 2 is 2.19 bits per heavy atom. The summed E-state index contributed by atoms with van der Waals surface area (Å²) in [6, 6.07) is 5.30. The molecule has 4 heterocycles. The van der Waals surface area contributed by atoms with Gasteiger partial charge in [0.15, 0.2) is 5.11 Å². The van der Waals surface area contributed by atoms with E-state index >= 15 is 0 Å². The van der Waals surface area contributed by atoms with Gasteiger partial charge in [-0.25, -0.2) is 0 Å². The fourth-order valence-electron chi connectivity index (χ4n) is 5.83. The number of nitrogens with zero attached hydrogens (tertiary/aromatic N) is 3. The van der Waals surface area contributed by atoms with E-state index in [1.54, 1.807) is 11.8 Å². The summed E-state index contributed by atoms with van der Waals surface area (Å²) in [4.78, 5) is 9.47. The van der Waals surface area contributed by atoms with Gasteiger partial charge in [-0.3, -0.25) is 9.88 Å². The lowest BCUT2D eigenvalue weighted by atomic mass is 9.68. The van der Waals surface area contributed by atoms with Crippen LogP contribution in [-0.4, -0.2) is 51.6 Å². The van der Waals surface area contributed by atoms with Gasteiger partial charge in [-0.1, -0.05) is 18.1 Å². The normalized spacial score (nSPS) is 33.7. The second-order valence-corrected chi connectivity index (χ2v) is 8.76. The van der Waals surface area contributed by atoms with Crippen molar-refractivity contribution in [2.75, 3.05) is 25.0 Å². The molecule has 0 aromatic carbocycles. The molecule has 1 aromatic heterocycles. The number of aromatic nitrogens is 1. The predicted molar refractivity (Wildman–Crippen MR) is 109 cm³/mol. The van der Waals surface area contributed by atoms with E-state index in [9.17, 15) is 0 Å². The highest BCUT2D eigenvalue weighted by atomic mass is 32.1. The molecule has 0 amide bonds. The number of nitrogens with one attached hydrogen (secondary N) is 1. The first-order valence-electron chi connectivity index (χ1n) is 10.2. The lowest BCUT2D eigenvalue weighted by Crippen LogP contribution is -2.60. The lowest BCUT2D eigenvalue weighted by Gasteiger charge is -2.55. The molecule has 1 N–H and O–H groups in total. The Bertz CT molecular complexity index is 703. The number of thiocarbonyl (C=S) groups is 1. The zero-order chi connectivity index (χ0) is 17.5. The smallest absolute Gasteiger partial charge is 0.173 e. The minimum absolute atomic E-state index is 0.500. The molecule has 4 aliphatic rings. The summed E-state index contributed by atoms with van der Waals surface area (Å²) in [5.41, 5.74) is 2.65. The SMILES string of the molecule is S=C(Nc1cccnc1)N1CCCC2=CC3CC(CN4CCCC[C@H]34)[C@@H]21. The quantitative estimate of drug-likeness (QED) is 0.604. The number of rotatable bonds is 1. The molecule has 0 saturated carbocycles. The molecular formula is C21H28N4S. The number of hydrogen-bond donors (Lipinski definition) is 1. The van der Waals surface area contributed by atoms with Crippen molar-refractivity contribution in [1.82, 2.24) is 14.8 Å². The van der Waals surface area contributed by atoms with Crippen molar-refractivity contribution in [3.8, 4) is 0 Å². The van der Waals surface area contributed by atoms with E-state index in [0.29, 0.717) is 6.04 Å². The van der Waals surface area contributed by atoms with Gasteiger partial charge in [0.2, 0.25) is 0 Å². The summed E-state index contributed by atoms with van der Waals surface area (Å²) in [7, 11) is 0. The van der Waals surface area contributed by atoms with E-state index in [2.05, 4.69) is 26.2 Å². The van der Waals surface area contributed by atoms with E-state index in [4.69, 9.17) is 12.2 Å². The van der Waals surface area contributed by atoms with Crippen molar-refractivity contribution in [3.63, 3.8) is 0 Å². The second-order valence-electron chi connectivity index (χ2n) is 8.37. The average molecular weight is 369 g/mol. The van der Waals surface area contributed by atoms with E-state index in [0.717, 1.165) is 35.2 Å². The number of piperidine rings is 3. The van der Waals surface area contributed by atoms with Crippen LogP contribution in [0.1, 0.15) is 38.5 Å². The molecule has 138 valence electrons. The van der Waals surface area contributed by atoms with Gasteiger partial charge in [-0.05, 0) is 74.8 Å². The molecule has 3 fully saturated rings. The molecule has 3 aliphatic heterocycles. The van der Waals surface area contributed by atoms with Gasteiger partial charge in [-0.15, -0.1) is 0 Å². The molecule has 0 radical (unpaired) electrons. The number of pyridine rings is 1. The molecule has 5 heteroatoms. The maximum Gasteiger partial charge on any atom is 0.173 e. The van der Waals surface area contributed by atoms with Crippen molar-refractivity contribution in [2.45, 2.75) is 50.6 Å². The van der Waals surface area contributed by atoms with Crippen molar-refractivity contribution in [3.05, 3.63) is 36.2 Å². The summed E-state index contributed by atoms with van der Waals surface area (Å²) in [6.45, 7) is 3.62. The minimum atomic E-state index is 0.500. The van der Waals surface area contributed by atoms with E-state index < -0.39 is 0 Å². The Hall–Kier alpha value is -1.46. The van der Waals surface area contributed by atoms with Crippen LogP contribution in [0.5, 0.6) is 0 Å². The molecule has 4 nitrogen and oxygen atoms in total. The minimum Gasteiger partial charge on any atom is -0.342 e. The van der Waals surface area contributed by atoms with Gasteiger partial charge in [0.1, 0.15) is 0 Å². The third-order valence-electron chi connectivity index (χ3n) is 6.83. The van der Waals surface area contributed by atoms with E-state index in [1.165, 1.54) is 51.6 Å². The lowest BCUT2D eigenvalue weighted by molar-refractivity contribution is 0.0132. The van der Waals surface area contributed by atoms with Crippen LogP contribution < -0.4 is 5.32 Å². The van der Waals surface area contributed by atoms with Crippen molar-refractivity contribution < 1.29 is 0 Å². The maximum atomic E-state index is 5.83. The third kappa shape index (κ3) is 2.95. The maximum absolute atomic E-state index is 5.83. The highest BCUT2D eigenvalue weighted by Crippen LogP contribution is 2.45. The summed E-state index contributed by atoms with van der Waals surface area (Å²) in [6.07, 6.45) is 14.3. The van der Waals surface area contributed by atoms with Gasteiger partial charge in [0, 0.05) is 25.3 Å². The second kappa shape index (κ2) is 6.93. The Balaban J connectivity index is 1.39. The molecular weight excluding hydrogens is 340 g/mol. The average Bonchev–Trinajstić information content (AvgIpc) is 2.68. The number of likely N-dealkylation sites (tertiary alicyclic amines) is 1. The first kappa shape index (κ1) is 16.7. The third-order valence-corrected chi connectivity index (χ3v) is 7.17. The Kier molecular flexibility index (Phi) is 4.45. The van der Waals surface area contributed by atoms with Crippen molar-refractivity contribution in [1.29, 1.82) is 0 Å². The van der Waals surface area contributed by atoms with Gasteiger partial charge in [0.25, 0.3) is 0 Å². The van der Waals surface area contributed by atoms with E-state index in [1.807, 2.05) is 18.3 Å². The van der Waals surface area contributed by atoms with Crippen LogP contribution in [0.15, 0.2) is 36.2 Å². The van der Waals surface area contributed by atoms with Crippen molar-refractivity contribution in [2.24, 2.45) is 11.8 Å². The first-order valence-corrected chi connectivity index (χ1v) is 10.6.